The van der Waals surface area contributed by atoms with Crippen molar-refractivity contribution < 1.29 is 19.1 Å². The molecule has 0 unspecified atom stereocenters. The summed E-state index contributed by atoms with van der Waals surface area (Å²) in [5.74, 6) is -0.982. The monoisotopic (exact) mass is 405 g/mol. The predicted octanol–water partition coefficient (Wildman–Crippen LogP) is 3.99. The zero-order valence-corrected chi connectivity index (χ0v) is 16.4. The van der Waals surface area contributed by atoms with Gasteiger partial charge in [-0.25, -0.2) is 19.6 Å². The summed E-state index contributed by atoms with van der Waals surface area (Å²) in [6.45, 7) is 0. The molecule has 0 aliphatic carbocycles. The number of rotatable bonds is 4. The van der Waals surface area contributed by atoms with E-state index in [1.807, 2.05) is 24.3 Å². The maximum Gasteiger partial charge on any atom is 0.338 e. The lowest BCUT2D eigenvalue weighted by atomic mass is 10.1. The maximum atomic E-state index is 12.2. The maximum absolute atomic E-state index is 12.2. The van der Waals surface area contributed by atoms with Crippen LogP contribution in [0.3, 0.4) is 0 Å². The predicted molar refractivity (Wildman–Crippen MR) is 109 cm³/mol. The number of ether oxygens (including phenoxy) is 2. The van der Waals surface area contributed by atoms with E-state index in [9.17, 15) is 9.59 Å². The molecule has 0 saturated heterocycles. The first-order valence-corrected chi connectivity index (χ1v) is 9.42. The summed E-state index contributed by atoms with van der Waals surface area (Å²) in [6.07, 6.45) is 1.49. The third-order valence-corrected chi connectivity index (χ3v) is 5.26. The molecule has 0 saturated carbocycles. The van der Waals surface area contributed by atoms with E-state index in [0.717, 1.165) is 10.2 Å². The van der Waals surface area contributed by atoms with Gasteiger partial charge in [-0.1, -0.05) is 12.1 Å². The number of fused-ring (bicyclic) bond motifs is 1. The minimum atomic E-state index is -0.500. The fourth-order valence-electron chi connectivity index (χ4n) is 2.80. The summed E-state index contributed by atoms with van der Waals surface area (Å²) in [4.78, 5) is 37.6. The van der Waals surface area contributed by atoms with E-state index in [1.54, 1.807) is 24.3 Å². The molecule has 0 aliphatic rings. The molecule has 3 heterocycles. The lowest BCUT2D eigenvalue weighted by Gasteiger charge is -2.07. The largest absolute Gasteiger partial charge is 0.465 e. The molecule has 0 spiro atoms. The standard InChI is InChI=1S/C21H15N3O4S/c1-27-20(25)12-7-8-22-15(9-12)16-10-13(21(26)28-2)11-17(23-16)19-24-14-5-3-4-6-18(14)29-19/h3-11H,1-2H3. The van der Waals surface area contributed by atoms with Crippen molar-refractivity contribution in [2.45, 2.75) is 0 Å². The van der Waals surface area contributed by atoms with Crippen LogP contribution >= 0.6 is 11.3 Å². The lowest BCUT2D eigenvalue weighted by Crippen LogP contribution is -2.05. The molecule has 1 aromatic carbocycles. The number of carbonyl (C=O) groups excluding carboxylic acids is 2. The van der Waals surface area contributed by atoms with Crippen LogP contribution in [0.5, 0.6) is 0 Å². The highest BCUT2D eigenvalue weighted by Crippen LogP contribution is 2.31. The number of aromatic nitrogens is 3. The Morgan fingerprint density at radius 2 is 1.52 bits per heavy atom. The molecule has 7 nitrogen and oxygen atoms in total. The van der Waals surface area contributed by atoms with Crippen molar-refractivity contribution in [2.75, 3.05) is 14.2 Å². The highest BCUT2D eigenvalue weighted by Gasteiger charge is 2.17. The van der Waals surface area contributed by atoms with Crippen LogP contribution in [0.1, 0.15) is 20.7 Å². The zero-order chi connectivity index (χ0) is 20.4. The molecule has 4 aromatic rings. The van der Waals surface area contributed by atoms with E-state index in [4.69, 9.17) is 9.47 Å². The van der Waals surface area contributed by atoms with Gasteiger partial charge in [0.05, 0.1) is 47.0 Å². The molecule has 0 radical (unpaired) electrons. The highest BCUT2D eigenvalue weighted by atomic mass is 32.1. The van der Waals surface area contributed by atoms with Gasteiger partial charge >= 0.3 is 11.9 Å². The smallest absolute Gasteiger partial charge is 0.338 e. The summed E-state index contributed by atoms with van der Waals surface area (Å²) in [5, 5.41) is 0.669. The summed E-state index contributed by atoms with van der Waals surface area (Å²) >= 11 is 1.47. The molecule has 0 N–H and O–H groups in total. The number of methoxy groups -OCH3 is 2. The molecule has 4 rings (SSSR count). The molecular formula is C21H15N3O4S. The summed E-state index contributed by atoms with van der Waals surface area (Å²) in [6, 6.07) is 14.1. The van der Waals surface area contributed by atoms with Gasteiger partial charge in [-0.15, -0.1) is 11.3 Å². The molecule has 0 atom stereocenters. The van der Waals surface area contributed by atoms with Gasteiger partial charge in [-0.05, 0) is 36.4 Å². The Labute approximate surface area is 170 Å². The van der Waals surface area contributed by atoms with E-state index in [2.05, 4.69) is 15.0 Å². The average Bonchev–Trinajstić information content (AvgIpc) is 3.22. The Morgan fingerprint density at radius 1 is 0.828 bits per heavy atom. The van der Waals surface area contributed by atoms with Crippen LogP contribution < -0.4 is 0 Å². The highest BCUT2D eigenvalue weighted by molar-refractivity contribution is 7.21. The molecule has 144 valence electrons. The molecule has 0 amide bonds. The first-order valence-electron chi connectivity index (χ1n) is 8.60. The van der Waals surface area contributed by atoms with Crippen LogP contribution in [-0.2, 0) is 9.47 Å². The van der Waals surface area contributed by atoms with E-state index in [1.165, 1.54) is 31.8 Å². The number of thiazole rings is 1. The number of hydrogen-bond donors (Lipinski definition) is 0. The van der Waals surface area contributed by atoms with Crippen LogP contribution in [-0.4, -0.2) is 41.1 Å². The molecular weight excluding hydrogens is 390 g/mol. The third kappa shape index (κ3) is 3.70. The van der Waals surface area contributed by atoms with Crippen molar-refractivity contribution in [3.8, 4) is 22.1 Å². The van der Waals surface area contributed by atoms with Crippen molar-refractivity contribution >= 4 is 33.5 Å². The second-order valence-electron chi connectivity index (χ2n) is 6.03. The minimum absolute atomic E-state index is 0.317. The number of para-hydroxylation sites is 1. The lowest BCUT2D eigenvalue weighted by molar-refractivity contribution is 0.0591. The zero-order valence-electron chi connectivity index (χ0n) is 15.6. The van der Waals surface area contributed by atoms with Crippen molar-refractivity contribution in [3.05, 3.63) is 65.9 Å². The van der Waals surface area contributed by atoms with Gasteiger partial charge in [0.15, 0.2) is 0 Å². The Morgan fingerprint density at radius 3 is 2.28 bits per heavy atom. The number of benzene rings is 1. The van der Waals surface area contributed by atoms with Gasteiger partial charge in [0, 0.05) is 6.20 Å². The molecule has 29 heavy (non-hydrogen) atoms. The average molecular weight is 405 g/mol. The fourth-order valence-corrected chi connectivity index (χ4v) is 3.73. The Balaban J connectivity index is 1.87. The second-order valence-corrected chi connectivity index (χ2v) is 7.06. The van der Waals surface area contributed by atoms with E-state index in [0.29, 0.717) is 33.2 Å². The topological polar surface area (TPSA) is 91.3 Å². The van der Waals surface area contributed by atoms with Crippen molar-refractivity contribution in [1.29, 1.82) is 0 Å². The van der Waals surface area contributed by atoms with Crippen LogP contribution in [0.25, 0.3) is 32.3 Å². The summed E-state index contributed by atoms with van der Waals surface area (Å²) < 4.78 is 10.7. The molecule has 0 fully saturated rings. The Kier molecular flexibility index (Phi) is 5.01. The molecule has 0 aliphatic heterocycles. The normalized spacial score (nSPS) is 10.7. The number of esters is 2. The van der Waals surface area contributed by atoms with Gasteiger partial charge in [-0.2, -0.15) is 0 Å². The number of nitrogens with zero attached hydrogens (tertiary/aromatic N) is 3. The van der Waals surface area contributed by atoms with Gasteiger partial charge in [-0.3, -0.25) is 4.98 Å². The quantitative estimate of drug-likeness (QED) is 0.474. The Bertz CT molecular complexity index is 1200. The van der Waals surface area contributed by atoms with Gasteiger partial charge in [0.1, 0.15) is 10.7 Å². The number of carbonyl (C=O) groups is 2. The van der Waals surface area contributed by atoms with Crippen LogP contribution in [0.2, 0.25) is 0 Å². The SMILES string of the molecule is COC(=O)c1ccnc(-c2cc(C(=O)OC)cc(-c3nc4ccccc4s3)n2)c1. The van der Waals surface area contributed by atoms with Gasteiger partial charge < -0.3 is 9.47 Å². The van der Waals surface area contributed by atoms with Crippen LogP contribution in [0, 0.1) is 0 Å². The van der Waals surface area contributed by atoms with Gasteiger partial charge in [0.25, 0.3) is 0 Å². The first-order chi connectivity index (χ1) is 14.1. The molecule has 8 heteroatoms. The van der Waals surface area contributed by atoms with Crippen molar-refractivity contribution in [3.63, 3.8) is 0 Å². The number of pyridine rings is 2. The molecule has 3 aromatic heterocycles. The molecule has 0 bridgehead atoms. The van der Waals surface area contributed by atoms with E-state index < -0.39 is 11.9 Å². The second kappa shape index (κ2) is 7.76. The third-order valence-electron chi connectivity index (χ3n) is 4.20. The van der Waals surface area contributed by atoms with Crippen molar-refractivity contribution in [1.82, 2.24) is 15.0 Å². The Hall–Kier alpha value is -3.65. The van der Waals surface area contributed by atoms with Crippen LogP contribution in [0.4, 0.5) is 0 Å². The van der Waals surface area contributed by atoms with Crippen LogP contribution in [0.15, 0.2) is 54.7 Å². The van der Waals surface area contributed by atoms with E-state index in [-0.39, 0.29) is 0 Å². The summed E-state index contributed by atoms with van der Waals surface area (Å²) in [5.41, 5.74) is 2.88. The first kappa shape index (κ1) is 18.7. The minimum Gasteiger partial charge on any atom is -0.465 e. The van der Waals surface area contributed by atoms with Gasteiger partial charge in [0.2, 0.25) is 0 Å². The fraction of sp³-hybridized carbons (Fsp3) is 0.0952. The van der Waals surface area contributed by atoms with E-state index >= 15 is 0 Å². The summed E-state index contributed by atoms with van der Waals surface area (Å²) in [7, 11) is 2.62. The van der Waals surface area contributed by atoms with Crippen molar-refractivity contribution in [2.24, 2.45) is 0 Å². The number of hydrogen-bond acceptors (Lipinski definition) is 8.